The van der Waals surface area contributed by atoms with Crippen LogP contribution in [0.1, 0.15) is 42.2 Å². The second-order valence-electron chi connectivity index (χ2n) is 5.39. The smallest absolute Gasteiger partial charge is 0.248 e. The molecule has 0 aliphatic carbocycles. The van der Waals surface area contributed by atoms with Gasteiger partial charge in [0.2, 0.25) is 11.8 Å². The van der Waals surface area contributed by atoms with Crippen molar-refractivity contribution in [3.05, 3.63) is 41.0 Å². The van der Waals surface area contributed by atoms with E-state index in [0.717, 1.165) is 16.9 Å². The molecule has 118 valence electrons. The molecule has 2 rings (SSSR count). The highest BCUT2D eigenvalue weighted by molar-refractivity contribution is 5.76. The molecule has 1 N–H and O–H groups in total. The van der Waals surface area contributed by atoms with Crippen molar-refractivity contribution in [2.24, 2.45) is 0 Å². The van der Waals surface area contributed by atoms with E-state index < -0.39 is 0 Å². The van der Waals surface area contributed by atoms with E-state index in [1.54, 1.807) is 13.8 Å². The van der Waals surface area contributed by atoms with Crippen molar-refractivity contribution in [3.8, 4) is 5.75 Å². The molecular formula is C16H21N3O3. The predicted molar refractivity (Wildman–Crippen MR) is 81.6 cm³/mol. The molecule has 0 fully saturated rings. The Morgan fingerprint density at radius 3 is 2.55 bits per heavy atom. The van der Waals surface area contributed by atoms with Gasteiger partial charge in [-0.3, -0.25) is 4.79 Å². The van der Waals surface area contributed by atoms with E-state index in [1.165, 1.54) is 0 Å². The van der Waals surface area contributed by atoms with Crippen LogP contribution in [0, 0.1) is 20.8 Å². The first-order chi connectivity index (χ1) is 10.4. The molecule has 0 aliphatic rings. The van der Waals surface area contributed by atoms with Crippen LogP contribution in [0.2, 0.25) is 0 Å². The van der Waals surface area contributed by atoms with Crippen molar-refractivity contribution < 1.29 is 14.1 Å². The van der Waals surface area contributed by atoms with Crippen LogP contribution in [0.25, 0.3) is 0 Å². The zero-order valence-corrected chi connectivity index (χ0v) is 13.3. The number of amides is 1. The molecule has 0 radical (unpaired) electrons. The van der Waals surface area contributed by atoms with Gasteiger partial charge in [-0.15, -0.1) is 0 Å². The minimum absolute atomic E-state index is 0.118. The first-order valence-corrected chi connectivity index (χ1v) is 7.24. The molecule has 2 aromatic rings. The molecule has 0 saturated heterocycles. The molecule has 6 nitrogen and oxygen atoms in total. The van der Waals surface area contributed by atoms with Crippen LogP contribution >= 0.6 is 0 Å². The maximum atomic E-state index is 11.9. The Bertz CT molecular complexity index is 632. The SMILES string of the molecule is Cc1cc(C)cc(OCCC(=O)N[C@@H](C)c2nc(C)no2)c1. The molecule has 22 heavy (non-hydrogen) atoms. The highest BCUT2D eigenvalue weighted by Gasteiger charge is 2.15. The molecule has 0 bridgehead atoms. The first kappa shape index (κ1) is 16.0. The standard InChI is InChI=1S/C16H21N3O3/c1-10-7-11(2)9-14(8-10)21-6-5-15(20)17-12(3)16-18-13(4)19-22-16/h7-9,12H,5-6H2,1-4H3,(H,17,20)/t12-/m0/s1. The number of aromatic nitrogens is 2. The Kier molecular flexibility index (Phi) is 5.14. The van der Waals surface area contributed by atoms with Crippen molar-refractivity contribution >= 4 is 5.91 Å². The number of rotatable bonds is 6. The lowest BCUT2D eigenvalue weighted by atomic mass is 10.1. The zero-order valence-electron chi connectivity index (χ0n) is 13.3. The van der Waals surface area contributed by atoms with E-state index in [-0.39, 0.29) is 18.4 Å². The van der Waals surface area contributed by atoms with E-state index in [4.69, 9.17) is 9.26 Å². The molecule has 1 aromatic carbocycles. The zero-order chi connectivity index (χ0) is 16.1. The van der Waals surface area contributed by atoms with Gasteiger partial charge in [-0.2, -0.15) is 4.98 Å². The maximum Gasteiger partial charge on any atom is 0.248 e. The van der Waals surface area contributed by atoms with Crippen LogP contribution in [0.3, 0.4) is 0 Å². The number of hydrogen-bond donors (Lipinski definition) is 1. The summed E-state index contributed by atoms with van der Waals surface area (Å²) in [6.45, 7) is 7.89. The van der Waals surface area contributed by atoms with E-state index in [1.807, 2.05) is 26.0 Å². The number of ether oxygens (including phenoxy) is 1. The normalized spacial score (nSPS) is 12.0. The number of hydrogen-bond acceptors (Lipinski definition) is 5. The molecule has 1 atom stereocenters. The van der Waals surface area contributed by atoms with E-state index >= 15 is 0 Å². The van der Waals surface area contributed by atoms with Gasteiger partial charge in [0, 0.05) is 0 Å². The highest BCUT2D eigenvalue weighted by Crippen LogP contribution is 2.16. The molecule has 0 saturated carbocycles. The highest BCUT2D eigenvalue weighted by atomic mass is 16.5. The van der Waals surface area contributed by atoms with Crippen LogP contribution < -0.4 is 10.1 Å². The molecule has 1 aromatic heterocycles. The lowest BCUT2D eigenvalue weighted by Crippen LogP contribution is -2.28. The van der Waals surface area contributed by atoms with Crippen molar-refractivity contribution in [2.45, 2.75) is 40.2 Å². The van der Waals surface area contributed by atoms with Gasteiger partial charge >= 0.3 is 0 Å². The fraction of sp³-hybridized carbons (Fsp3) is 0.438. The van der Waals surface area contributed by atoms with Crippen LogP contribution in [-0.4, -0.2) is 22.7 Å². The minimum Gasteiger partial charge on any atom is -0.493 e. The number of nitrogens with one attached hydrogen (secondary N) is 1. The summed E-state index contributed by atoms with van der Waals surface area (Å²) in [4.78, 5) is 16.0. The number of carbonyl (C=O) groups excluding carboxylic acids is 1. The third kappa shape index (κ3) is 4.58. The lowest BCUT2D eigenvalue weighted by molar-refractivity contribution is -0.122. The Morgan fingerprint density at radius 2 is 1.95 bits per heavy atom. The average Bonchev–Trinajstić information content (AvgIpc) is 2.84. The van der Waals surface area contributed by atoms with Gasteiger partial charge in [0.1, 0.15) is 11.8 Å². The Balaban J connectivity index is 1.78. The fourth-order valence-corrected chi connectivity index (χ4v) is 2.14. The van der Waals surface area contributed by atoms with Crippen molar-refractivity contribution in [1.29, 1.82) is 0 Å². The lowest BCUT2D eigenvalue weighted by Gasteiger charge is -2.11. The summed E-state index contributed by atoms with van der Waals surface area (Å²) in [5.74, 6) is 1.62. The van der Waals surface area contributed by atoms with E-state index in [9.17, 15) is 4.79 Å². The van der Waals surface area contributed by atoms with Crippen LogP contribution in [0.15, 0.2) is 22.7 Å². The summed E-state index contributed by atoms with van der Waals surface area (Å²) in [6, 6.07) is 5.67. The first-order valence-electron chi connectivity index (χ1n) is 7.24. The number of carbonyl (C=O) groups is 1. The summed E-state index contributed by atoms with van der Waals surface area (Å²) in [5.41, 5.74) is 2.28. The van der Waals surface area contributed by atoms with Gasteiger partial charge < -0.3 is 14.6 Å². The molecule has 1 heterocycles. The molecule has 6 heteroatoms. The van der Waals surface area contributed by atoms with E-state index in [2.05, 4.69) is 21.5 Å². The second-order valence-corrected chi connectivity index (χ2v) is 5.39. The quantitative estimate of drug-likeness (QED) is 0.887. The van der Waals surface area contributed by atoms with Crippen molar-refractivity contribution in [2.75, 3.05) is 6.61 Å². The number of benzene rings is 1. The van der Waals surface area contributed by atoms with Crippen molar-refractivity contribution in [1.82, 2.24) is 15.5 Å². The van der Waals surface area contributed by atoms with Gasteiger partial charge in [-0.25, -0.2) is 0 Å². The second kappa shape index (κ2) is 7.06. The molecule has 0 unspecified atom stereocenters. The van der Waals surface area contributed by atoms with Crippen molar-refractivity contribution in [3.63, 3.8) is 0 Å². The molecule has 0 aliphatic heterocycles. The van der Waals surface area contributed by atoms with Crippen LogP contribution in [-0.2, 0) is 4.79 Å². The van der Waals surface area contributed by atoms with Gasteiger partial charge in [0.05, 0.1) is 13.0 Å². The molecular weight excluding hydrogens is 282 g/mol. The largest absolute Gasteiger partial charge is 0.493 e. The monoisotopic (exact) mass is 303 g/mol. The topological polar surface area (TPSA) is 77.2 Å². The van der Waals surface area contributed by atoms with Gasteiger partial charge in [0.15, 0.2) is 5.82 Å². The number of nitrogens with zero attached hydrogens (tertiary/aromatic N) is 2. The predicted octanol–water partition coefficient (Wildman–Crippen LogP) is 2.64. The third-order valence-electron chi connectivity index (χ3n) is 3.08. The van der Waals surface area contributed by atoms with E-state index in [0.29, 0.717) is 18.3 Å². The summed E-state index contributed by atoms with van der Waals surface area (Å²) in [7, 11) is 0. The number of aryl methyl sites for hydroxylation is 3. The fourth-order valence-electron chi connectivity index (χ4n) is 2.14. The Hall–Kier alpha value is -2.37. The summed E-state index contributed by atoms with van der Waals surface area (Å²) >= 11 is 0. The Morgan fingerprint density at radius 1 is 1.27 bits per heavy atom. The Labute approximate surface area is 129 Å². The summed E-state index contributed by atoms with van der Waals surface area (Å²) < 4.78 is 10.6. The summed E-state index contributed by atoms with van der Waals surface area (Å²) in [6.07, 6.45) is 0.268. The van der Waals surface area contributed by atoms with Gasteiger partial charge in [-0.1, -0.05) is 11.2 Å². The van der Waals surface area contributed by atoms with Gasteiger partial charge in [-0.05, 0) is 51.0 Å². The minimum atomic E-state index is -0.310. The summed E-state index contributed by atoms with van der Waals surface area (Å²) in [5, 5.41) is 6.50. The van der Waals surface area contributed by atoms with Crippen LogP contribution in [0.5, 0.6) is 5.75 Å². The maximum absolute atomic E-state index is 11.9. The average molecular weight is 303 g/mol. The van der Waals surface area contributed by atoms with Gasteiger partial charge in [0.25, 0.3) is 0 Å². The molecule has 1 amide bonds. The molecule has 0 spiro atoms. The third-order valence-corrected chi connectivity index (χ3v) is 3.08. The van der Waals surface area contributed by atoms with Crippen LogP contribution in [0.4, 0.5) is 0 Å².